The maximum Gasteiger partial charge on any atom is 0.310 e. The quantitative estimate of drug-likeness (QED) is 0.873. The number of ether oxygens (including phenoxy) is 1. The first-order valence-electron chi connectivity index (χ1n) is 8.31. The summed E-state index contributed by atoms with van der Waals surface area (Å²) in [5, 5.41) is 10.8. The molecule has 0 spiro atoms. The fourth-order valence-electron chi connectivity index (χ4n) is 3.20. The smallest absolute Gasteiger partial charge is 0.310 e. The minimum Gasteiger partial charge on any atom is -0.481 e. The topological polar surface area (TPSA) is 49.8 Å². The van der Waals surface area contributed by atoms with E-state index in [9.17, 15) is 14.3 Å². The van der Waals surface area contributed by atoms with Gasteiger partial charge in [-0.15, -0.1) is 11.3 Å². The molecule has 1 fully saturated rings. The van der Waals surface area contributed by atoms with Gasteiger partial charge >= 0.3 is 5.97 Å². The summed E-state index contributed by atoms with van der Waals surface area (Å²) < 4.78 is 19.1. The van der Waals surface area contributed by atoms with Crippen molar-refractivity contribution in [1.82, 2.24) is 0 Å². The number of hydrogen-bond donors (Lipinski definition) is 1. The molecule has 134 valence electrons. The van der Waals surface area contributed by atoms with Crippen LogP contribution in [0.3, 0.4) is 0 Å². The monoisotopic (exact) mass is 363 g/mol. The van der Waals surface area contributed by atoms with Gasteiger partial charge < -0.3 is 14.7 Å². The fraction of sp³-hybridized carbons (Fsp3) is 0.421. The lowest BCUT2D eigenvalue weighted by Gasteiger charge is -2.31. The van der Waals surface area contributed by atoms with E-state index < -0.39 is 17.3 Å². The highest BCUT2D eigenvalue weighted by Gasteiger charge is 2.40. The lowest BCUT2D eigenvalue weighted by molar-refractivity contribution is -0.147. The lowest BCUT2D eigenvalue weighted by atomic mass is 9.74. The van der Waals surface area contributed by atoms with E-state index in [1.54, 1.807) is 37.3 Å². The Balaban J connectivity index is 2.00. The highest BCUT2D eigenvalue weighted by atomic mass is 32.1. The molecule has 2 aromatic rings. The van der Waals surface area contributed by atoms with Crippen LogP contribution in [0.1, 0.15) is 30.2 Å². The molecular formula is C19H22FNO3S. The third kappa shape index (κ3) is 3.70. The Hall–Kier alpha value is -1.92. The Bertz CT molecular complexity index is 753. The van der Waals surface area contributed by atoms with E-state index in [2.05, 4.69) is 4.90 Å². The van der Waals surface area contributed by atoms with Gasteiger partial charge in [0.15, 0.2) is 0 Å². The van der Waals surface area contributed by atoms with Crippen molar-refractivity contribution in [2.45, 2.75) is 19.8 Å². The molecule has 2 heterocycles. The van der Waals surface area contributed by atoms with Crippen molar-refractivity contribution >= 4 is 22.3 Å². The number of nitrogens with zero attached hydrogens (tertiary/aromatic N) is 1. The zero-order chi connectivity index (χ0) is 18.0. The largest absolute Gasteiger partial charge is 0.481 e. The van der Waals surface area contributed by atoms with Crippen molar-refractivity contribution in [2.75, 3.05) is 31.2 Å². The van der Waals surface area contributed by atoms with E-state index in [0.29, 0.717) is 18.8 Å². The van der Waals surface area contributed by atoms with Crippen molar-refractivity contribution in [1.29, 1.82) is 0 Å². The van der Waals surface area contributed by atoms with Gasteiger partial charge in [0.1, 0.15) is 5.82 Å². The molecule has 0 amide bonds. The summed E-state index contributed by atoms with van der Waals surface area (Å²) in [6.07, 6.45) is 0. The summed E-state index contributed by atoms with van der Waals surface area (Å²) in [7, 11) is 0. The van der Waals surface area contributed by atoms with Gasteiger partial charge in [-0.1, -0.05) is 12.1 Å². The summed E-state index contributed by atoms with van der Waals surface area (Å²) in [5.41, 5.74) is -0.372. The number of thiophene rings is 1. The van der Waals surface area contributed by atoms with Crippen LogP contribution >= 0.6 is 11.3 Å². The minimum atomic E-state index is -1.05. The SMILES string of the molecule is CC(C)(C(=O)O)C(c1cccc(F)c1)c1ccc(N2CCOCC2)s1. The first kappa shape index (κ1) is 17.9. The molecule has 3 rings (SSSR count). The number of carboxylic acids is 1. The van der Waals surface area contributed by atoms with Crippen LogP contribution in [-0.2, 0) is 9.53 Å². The number of aliphatic carboxylic acids is 1. The average molecular weight is 363 g/mol. The number of halogens is 1. The van der Waals surface area contributed by atoms with Gasteiger partial charge in [-0.3, -0.25) is 4.79 Å². The van der Waals surface area contributed by atoms with E-state index in [1.165, 1.54) is 12.1 Å². The third-order valence-corrected chi connectivity index (χ3v) is 5.89. The van der Waals surface area contributed by atoms with E-state index >= 15 is 0 Å². The second-order valence-corrected chi connectivity index (χ2v) is 7.88. The third-order valence-electron chi connectivity index (χ3n) is 4.67. The summed E-state index contributed by atoms with van der Waals surface area (Å²) in [4.78, 5) is 15.1. The molecule has 1 aliphatic heterocycles. The van der Waals surface area contributed by atoms with Crippen LogP contribution in [0.15, 0.2) is 36.4 Å². The van der Waals surface area contributed by atoms with Crippen LogP contribution in [0, 0.1) is 11.2 Å². The summed E-state index contributed by atoms with van der Waals surface area (Å²) in [5.74, 6) is -1.67. The van der Waals surface area contributed by atoms with Crippen molar-refractivity contribution in [3.05, 3.63) is 52.7 Å². The highest BCUT2D eigenvalue weighted by molar-refractivity contribution is 7.16. The van der Waals surface area contributed by atoms with E-state index in [4.69, 9.17) is 4.74 Å². The maximum absolute atomic E-state index is 13.8. The molecule has 6 heteroatoms. The van der Waals surface area contributed by atoms with Crippen LogP contribution in [-0.4, -0.2) is 37.4 Å². The van der Waals surface area contributed by atoms with Gasteiger partial charge in [-0.05, 0) is 43.7 Å². The first-order valence-corrected chi connectivity index (χ1v) is 9.12. The van der Waals surface area contributed by atoms with E-state index in [0.717, 1.165) is 23.0 Å². The van der Waals surface area contributed by atoms with Crippen molar-refractivity contribution in [3.8, 4) is 0 Å². The number of carbonyl (C=O) groups is 1. The Morgan fingerprint density at radius 3 is 2.64 bits per heavy atom. The normalized spacial score (nSPS) is 16.7. The van der Waals surface area contributed by atoms with Crippen LogP contribution in [0.4, 0.5) is 9.39 Å². The standard InChI is InChI=1S/C19H22FNO3S/c1-19(2,18(22)23)17(13-4-3-5-14(20)12-13)15-6-7-16(25-15)21-8-10-24-11-9-21/h3-7,12,17H,8-11H2,1-2H3,(H,22,23). The van der Waals surface area contributed by atoms with Gasteiger partial charge in [0, 0.05) is 23.9 Å². The Labute approximate surface area is 150 Å². The average Bonchev–Trinajstić information content (AvgIpc) is 3.05. The number of anilines is 1. The van der Waals surface area contributed by atoms with Gasteiger partial charge in [0.05, 0.1) is 23.6 Å². The molecule has 1 atom stereocenters. The molecule has 0 radical (unpaired) electrons. The highest BCUT2D eigenvalue weighted by Crippen LogP contribution is 2.45. The number of hydrogen-bond acceptors (Lipinski definition) is 4. The Morgan fingerprint density at radius 2 is 2.00 bits per heavy atom. The van der Waals surface area contributed by atoms with Gasteiger partial charge in [0.2, 0.25) is 0 Å². The Kier molecular flexibility index (Phi) is 5.11. The van der Waals surface area contributed by atoms with Gasteiger partial charge in [-0.25, -0.2) is 4.39 Å². The first-order chi connectivity index (χ1) is 11.9. The summed E-state index contributed by atoms with van der Waals surface area (Å²) >= 11 is 1.58. The van der Waals surface area contributed by atoms with E-state index in [-0.39, 0.29) is 5.82 Å². The number of morpholine rings is 1. The van der Waals surface area contributed by atoms with E-state index in [1.807, 2.05) is 12.1 Å². The van der Waals surface area contributed by atoms with Crippen molar-refractivity contribution in [3.63, 3.8) is 0 Å². The van der Waals surface area contributed by atoms with Crippen molar-refractivity contribution in [2.24, 2.45) is 5.41 Å². The number of carboxylic acid groups (broad SMARTS) is 1. The fourth-order valence-corrected chi connectivity index (χ4v) is 4.57. The van der Waals surface area contributed by atoms with Crippen LogP contribution < -0.4 is 4.90 Å². The van der Waals surface area contributed by atoms with Crippen LogP contribution in [0.25, 0.3) is 0 Å². The minimum absolute atomic E-state index is 0.353. The molecule has 1 aromatic heterocycles. The van der Waals surface area contributed by atoms with Crippen LogP contribution in [0.5, 0.6) is 0 Å². The second kappa shape index (κ2) is 7.14. The molecule has 1 unspecified atom stereocenters. The maximum atomic E-state index is 13.8. The molecule has 25 heavy (non-hydrogen) atoms. The van der Waals surface area contributed by atoms with Crippen molar-refractivity contribution < 1.29 is 19.0 Å². The van der Waals surface area contributed by atoms with Crippen LogP contribution in [0.2, 0.25) is 0 Å². The molecule has 1 aliphatic rings. The summed E-state index contributed by atoms with van der Waals surface area (Å²) in [6.45, 7) is 6.43. The molecule has 1 N–H and O–H groups in total. The zero-order valence-electron chi connectivity index (χ0n) is 14.4. The van der Waals surface area contributed by atoms with Gasteiger partial charge in [0.25, 0.3) is 0 Å². The molecular weight excluding hydrogens is 341 g/mol. The predicted octanol–water partition coefficient (Wildman–Crippen LogP) is 3.97. The number of rotatable bonds is 5. The zero-order valence-corrected chi connectivity index (χ0v) is 15.2. The molecule has 0 bridgehead atoms. The molecule has 4 nitrogen and oxygen atoms in total. The second-order valence-electron chi connectivity index (χ2n) is 6.79. The van der Waals surface area contributed by atoms with Gasteiger partial charge in [-0.2, -0.15) is 0 Å². The molecule has 0 saturated carbocycles. The number of benzene rings is 1. The Morgan fingerprint density at radius 1 is 1.28 bits per heavy atom. The summed E-state index contributed by atoms with van der Waals surface area (Å²) in [6, 6.07) is 10.2. The molecule has 1 saturated heterocycles. The molecule has 1 aromatic carbocycles. The molecule has 0 aliphatic carbocycles. The lowest BCUT2D eigenvalue weighted by Crippen LogP contribution is -2.35. The predicted molar refractivity (Wildman–Crippen MR) is 97.0 cm³/mol.